The van der Waals surface area contributed by atoms with Gasteiger partial charge in [0.25, 0.3) is 0 Å². The maximum absolute atomic E-state index is 12.6. The van der Waals surface area contributed by atoms with Crippen LogP contribution in [0.5, 0.6) is 0 Å². The van der Waals surface area contributed by atoms with E-state index in [0.29, 0.717) is 13.0 Å². The van der Waals surface area contributed by atoms with Crippen molar-refractivity contribution in [1.82, 2.24) is 10.2 Å². The van der Waals surface area contributed by atoms with Crippen molar-refractivity contribution >= 4 is 12.0 Å². The molecule has 2 aromatic rings. The Labute approximate surface area is 159 Å². The summed E-state index contributed by atoms with van der Waals surface area (Å²) in [6, 6.07) is 19.0. The lowest BCUT2D eigenvalue weighted by atomic mass is 9.92. The lowest BCUT2D eigenvalue weighted by Gasteiger charge is -2.24. The van der Waals surface area contributed by atoms with Gasteiger partial charge in [-0.1, -0.05) is 72.8 Å². The highest BCUT2D eigenvalue weighted by atomic mass is 16.4. The Bertz CT molecular complexity index is 805. The van der Waals surface area contributed by atoms with Gasteiger partial charge in [0, 0.05) is 25.4 Å². The molecule has 2 N–H and O–H groups in total. The third-order valence-corrected chi connectivity index (χ3v) is 4.89. The third kappa shape index (κ3) is 4.76. The van der Waals surface area contributed by atoms with Crippen molar-refractivity contribution in [2.24, 2.45) is 0 Å². The number of hydrogen-bond acceptors (Lipinski definition) is 2. The van der Waals surface area contributed by atoms with Gasteiger partial charge in [0.1, 0.15) is 6.04 Å². The fourth-order valence-electron chi connectivity index (χ4n) is 3.48. The lowest BCUT2D eigenvalue weighted by molar-refractivity contribution is -0.141. The van der Waals surface area contributed by atoms with Gasteiger partial charge in [0.05, 0.1) is 0 Å². The number of carbonyl (C=O) groups excluding carboxylic acids is 1. The summed E-state index contributed by atoms with van der Waals surface area (Å²) in [6.45, 7) is 4.56. The standard InChI is InChI=1S/C22H24N2O3/c1-16-12-20(21(25)26)24(15-16)22(27)23-14-19(18-10-6-3-7-11-18)13-17-8-4-2-5-9-17/h2-11,19-20H,1,12-15H2,(H,23,27)(H,25,26)/t19?,20-/m0/s1. The molecule has 27 heavy (non-hydrogen) atoms. The first-order valence-electron chi connectivity index (χ1n) is 9.07. The average molecular weight is 364 g/mol. The molecule has 1 heterocycles. The summed E-state index contributed by atoms with van der Waals surface area (Å²) in [7, 11) is 0. The quantitative estimate of drug-likeness (QED) is 0.772. The van der Waals surface area contributed by atoms with Crippen LogP contribution in [0, 0.1) is 0 Å². The van der Waals surface area contributed by atoms with E-state index in [1.54, 1.807) is 0 Å². The second-order valence-corrected chi connectivity index (χ2v) is 6.92. The Morgan fingerprint density at radius 2 is 1.74 bits per heavy atom. The minimum Gasteiger partial charge on any atom is -0.480 e. The molecule has 2 aromatic carbocycles. The topological polar surface area (TPSA) is 69.6 Å². The summed E-state index contributed by atoms with van der Waals surface area (Å²) in [5, 5.41) is 12.3. The van der Waals surface area contributed by atoms with Gasteiger partial charge >= 0.3 is 12.0 Å². The average Bonchev–Trinajstić information content (AvgIpc) is 3.08. The largest absolute Gasteiger partial charge is 0.480 e. The van der Waals surface area contributed by atoms with Crippen LogP contribution in [0.4, 0.5) is 4.79 Å². The molecule has 1 saturated heterocycles. The van der Waals surface area contributed by atoms with Crippen LogP contribution in [-0.2, 0) is 11.2 Å². The molecule has 0 aromatic heterocycles. The Morgan fingerprint density at radius 3 is 2.37 bits per heavy atom. The van der Waals surface area contributed by atoms with E-state index in [2.05, 4.69) is 36.2 Å². The maximum Gasteiger partial charge on any atom is 0.326 e. The fourth-order valence-corrected chi connectivity index (χ4v) is 3.48. The van der Waals surface area contributed by atoms with E-state index in [9.17, 15) is 14.7 Å². The van der Waals surface area contributed by atoms with E-state index >= 15 is 0 Å². The Kier molecular flexibility index (Phi) is 5.91. The molecule has 1 aliphatic rings. The molecule has 3 rings (SSSR count). The van der Waals surface area contributed by atoms with Gasteiger partial charge < -0.3 is 15.3 Å². The molecule has 1 fully saturated rings. The number of urea groups is 1. The highest BCUT2D eigenvalue weighted by Crippen LogP contribution is 2.23. The molecule has 0 aliphatic carbocycles. The Hall–Kier alpha value is -3.08. The minimum atomic E-state index is -0.993. The van der Waals surface area contributed by atoms with E-state index in [0.717, 1.165) is 17.6 Å². The van der Waals surface area contributed by atoms with E-state index in [4.69, 9.17) is 0 Å². The molecule has 1 aliphatic heterocycles. The first-order chi connectivity index (χ1) is 13.0. The van der Waals surface area contributed by atoms with Crippen molar-refractivity contribution in [2.75, 3.05) is 13.1 Å². The zero-order valence-corrected chi connectivity index (χ0v) is 15.2. The number of nitrogens with one attached hydrogen (secondary N) is 1. The van der Waals surface area contributed by atoms with Crippen molar-refractivity contribution in [3.63, 3.8) is 0 Å². The molecule has 5 nitrogen and oxygen atoms in total. The number of nitrogens with zero attached hydrogens (tertiary/aromatic N) is 1. The molecule has 1 unspecified atom stereocenters. The number of amides is 2. The molecule has 0 spiro atoms. The molecule has 140 valence electrons. The number of carbonyl (C=O) groups is 2. The number of carboxylic acids is 1. The van der Waals surface area contributed by atoms with Crippen LogP contribution in [-0.4, -0.2) is 41.1 Å². The number of likely N-dealkylation sites (tertiary alicyclic amines) is 1. The minimum absolute atomic E-state index is 0.103. The molecule has 0 saturated carbocycles. The lowest BCUT2D eigenvalue weighted by Crippen LogP contribution is -2.47. The zero-order chi connectivity index (χ0) is 19.2. The molecule has 2 atom stereocenters. The normalized spacial score (nSPS) is 17.6. The number of hydrogen-bond donors (Lipinski definition) is 2. The van der Waals surface area contributed by atoms with E-state index < -0.39 is 12.0 Å². The first-order valence-corrected chi connectivity index (χ1v) is 9.07. The smallest absolute Gasteiger partial charge is 0.326 e. The van der Waals surface area contributed by atoms with Crippen LogP contribution < -0.4 is 5.32 Å². The van der Waals surface area contributed by atoms with Crippen LogP contribution in [0.15, 0.2) is 72.8 Å². The van der Waals surface area contributed by atoms with E-state index in [1.165, 1.54) is 10.5 Å². The summed E-state index contributed by atoms with van der Waals surface area (Å²) in [6.07, 6.45) is 1.11. The monoisotopic (exact) mass is 364 g/mol. The number of benzene rings is 2. The van der Waals surface area contributed by atoms with Gasteiger partial charge in [-0.2, -0.15) is 0 Å². The summed E-state index contributed by atoms with van der Waals surface area (Å²) in [5.41, 5.74) is 3.10. The van der Waals surface area contributed by atoms with Crippen molar-refractivity contribution in [2.45, 2.75) is 24.8 Å². The molecular formula is C22H24N2O3. The molecule has 0 bridgehead atoms. The predicted molar refractivity (Wildman–Crippen MR) is 105 cm³/mol. The summed E-state index contributed by atoms with van der Waals surface area (Å²) in [5.74, 6) is -0.890. The van der Waals surface area contributed by atoms with Crippen molar-refractivity contribution in [3.05, 3.63) is 83.9 Å². The van der Waals surface area contributed by atoms with Gasteiger partial charge in [-0.3, -0.25) is 0 Å². The van der Waals surface area contributed by atoms with Crippen LogP contribution in [0.1, 0.15) is 23.5 Å². The zero-order valence-electron chi connectivity index (χ0n) is 15.2. The molecule has 5 heteroatoms. The fraction of sp³-hybridized carbons (Fsp3) is 0.273. The van der Waals surface area contributed by atoms with E-state index in [-0.39, 0.29) is 18.5 Å². The Morgan fingerprint density at radius 1 is 1.11 bits per heavy atom. The number of rotatable bonds is 6. The van der Waals surface area contributed by atoms with Gasteiger partial charge in [-0.25, -0.2) is 9.59 Å². The van der Waals surface area contributed by atoms with Crippen LogP contribution >= 0.6 is 0 Å². The second kappa shape index (κ2) is 8.54. The van der Waals surface area contributed by atoms with Gasteiger partial charge in [-0.15, -0.1) is 0 Å². The van der Waals surface area contributed by atoms with Crippen molar-refractivity contribution in [1.29, 1.82) is 0 Å². The summed E-state index contributed by atoms with van der Waals surface area (Å²) < 4.78 is 0. The third-order valence-electron chi connectivity index (χ3n) is 4.89. The van der Waals surface area contributed by atoms with Gasteiger partial charge in [0.2, 0.25) is 0 Å². The maximum atomic E-state index is 12.6. The summed E-state index contributed by atoms with van der Waals surface area (Å²) >= 11 is 0. The number of aliphatic carboxylic acids is 1. The van der Waals surface area contributed by atoms with Gasteiger partial charge in [0.15, 0.2) is 0 Å². The van der Waals surface area contributed by atoms with E-state index in [1.807, 2.05) is 36.4 Å². The van der Waals surface area contributed by atoms with Crippen LogP contribution in [0.3, 0.4) is 0 Å². The van der Waals surface area contributed by atoms with Crippen molar-refractivity contribution < 1.29 is 14.7 Å². The highest BCUT2D eigenvalue weighted by molar-refractivity contribution is 5.84. The molecule has 0 radical (unpaired) electrons. The molecular weight excluding hydrogens is 340 g/mol. The van der Waals surface area contributed by atoms with Crippen molar-refractivity contribution in [3.8, 4) is 0 Å². The molecule has 2 amide bonds. The van der Waals surface area contributed by atoms with Crippen LogP contribution in [0.25, 0.3) is 0 Å². The number of carboxylic acid groups (broad SMARTS) is 1. The highest BCUT2D eigenvalue weighted by Gasteiger charge is 2.36. The predicted octanol–water partition coefficient (Wildman–Crippen LogP) is 3.44. The van der Waals surface area contributed by atoms with Gasteiger partial charge in [-0.05, 0) is 17.5 Å². The summed E-state index contributed by atoms with van der Waals surface area (Å²) in [4.78, 5) is 25.4. The van der Waals surface area contributed by atoms with Crippen LogP contribution in [0.2, 0.25) is 0 Å². The Balaban J connectivity index is 1.70. The SMILES string of the molecule is C=C1C[C@@H](C(=O)O)N(C(=O)NCC(Cc2ccccc2)c2ccccc2)C1. The first kappa shape index (κ1) is 18.7. The second-order valence-electron chi connectivity index (χ2n) is 6.92.